The van der Waals surface area contributed by atoms with Gasteiger partial charge in [-0.05, 0) is 42.6 Å². The van der Waals surface area contributed by atoms with E-state index in [0.717, 1.165) is 29.0 Å². The molecule has 1 heterocycles. The molecule has 5 heteroatoms. The fourth-order valence-electron chi connectivity index (χ4n) is 1.10. The lowest BCUT2D eigenvalue weighted by molar-refractivity contribution is 0.704. The van der Waals surface area contributed by atoms with Gasteiger partial charge in [0.15, 0.2) is 0 Å². The summed E-state index contributed by atoms with van der Waals surface area (Å²) in [5.74, 6) is 0.793. The van der Waals surface area contributed by atoms with Crippen molar-refractivity contribution >= 4 is 28.5 Å². The third-order valence-electron chi connectivity index (χ3n) is 1.87. The standard InChI is InChI=1S/C9H15IN4/c1-11-4-3-5-14(2)9-12-6-8(10)7-13-9/h6-7,11H,3-5H2,1-2H3. The van der Waals surface area contributed by atoms with E-state index in [-0.39, 0.29) is 0 Å². The summed E-state index contributed by atoms with van der Waals surface area (Å²) >= 11 is 2.20. The quantitative estimate of drug-likeness (QED) is 0.654. The Bertz CT molecular complexity index is 262. The Labute approximate surface area is 98.3 Å². The van der Waals surface area contributed by atoms with Crippen molar-refractivity contribution in [2.75, 3.05) is 32.1 Å². The van der Waals surface area contributed by atoms with Gasteiger partial charge in [0.2, 0.25) is 5.95 Å². The number of nitrogens with zero attached hydrogens (tertiary/aromatic N) is 3. The Morgan fingerprint density at radius 1 is 1.43 bits per heavy atom. The summed E-state index contributed by atoms with van der Waals surface area (Å²) in [5.41, 5.74) is 0. The van der Waals surface area contributed by atoms with E-state index in [2.05, 4.69) is 42.8 Å². The van der Waals surface area contributed by atoms with Gasteiger partial charge < -0.3 is 10.2 Å². The molecule has 0 bridgehead atoms. The number of rotatable bonds is 5. The van der Waals surface area contributed by atoms with Gasteiger partial charge in [-0.1, -0.05) is 0 Å². The lowest BCUT2D eigenvalue weighted by Crippen LogP contribution is -2.23. The first kappa shape index (κ1) is 11.6. The third-order valence-corrected chi connectivity index (χ3v) is 2.43. The van der Waals surface area contributed by atoms with Crippen LogP contribution in [0, 0.1) is 3.57 Å². The molecule has 0 saturated heterocycles. The summed E-state index contributed by atoms with van der Waals surface area (Å²) < 4.78 is 1.06. The van der Waals surface area contributed by atoms with Crippen LogP contribution in [0.15, 0.2) is 12.4 Å². The molecular formula is C9H15IN4. The van der Waals surface area contributed by atoms with Gasteiger partial charge in [-0.3, -0.25) is 0 Å². The molecule has 0 saturated carbocycles. The van der Waals surface area contributed by atoms with Crippen LogP contribution in [-0.4, -0.2) is 37.2 Å². The normalized spacial score (nSPS) is 10.2. The van der Waals surface area contributed by atoms with Gasteiger partial charge >= 0.3 is 0 Å². The van der Waals surface area contributed by atoms with Gasteiger partial charge in [0, 0.05) is 29.6 Å². The molecule has 1 aromatic heterocycles. The molecule has 0 aliphatic carbocycles. The number of aromatic nitrogens is 2. The number of hydrogen-bond acceptors (Lipinski definition) is 4. The molecule has 0 aromatic carbocycles. The summed E-state index contributed by atoms with van der Waals surface area (Å²) in [5, 5.41) is 3.11. The molecule has 0 aliphatic rings. The van der Waals surface area contributed by atoms with Crippen molar-refractivity contribution in [2.45, 2.75) is 6.42 Å². The van der Waals surface area contributed by atoms with Crippen LogP contribution in [0.25, 0.3) is 0 Å². The molecule has 78 valence electrons. The monoisotopic (exact) mass is 306 g/mol. The van der Waals surface area contributed by atoms with Crippen molar-refractivity contribution in [1.29, 1.82) is 0 Å². The predicted molar refractivity (Wildman–Crippen MR) is 66.6 cm³/mol. The van der Waals surface area contributed by atoms with Crippen LogP contribution in [0.2, 0.25) is 0 Å². The van der Waals surface area contributed by atoms with Crippen LogP contribution in [0.4, 0.5) is 5.95 Å². The van der Waals surface area contributed by atoms with Gasteiger partial charge in [-0.25, -0.2) is 9.97 Å². The topological polar surface area (TPSA) is 41.0 Å². The minimum atomic E-state index is 0.793. The Hall–Kier alpha value is -0.430. The smallest absolute Gasteiger partial charge is 0.225 e. The van der Waals surface area contributed by atoms with Gasteiger partial charge in [-0.2, -0.15) is 0 Å². The second-order valence-electron chi connectivity index (χ2n) is 3.08. The molecule has 0 aliphatic heterocycles. The molecule has 0 atom stereocenters. The Balaban J connectivity index is 2.43. The van der Waals surface area contributed by atoms with Crippen LogP contribution < -0.4 is 10.2 Å². The average Bonchev–Trinajstić information content (AvgIpc) is 2.19. The van der Waals surface area contributed by atoms with Crippen molar-refractivity contribution in [3.05, 3.63) is 16.0 Å². The maximum atomic E-state index is 4.24. The zero-order valence-corrected chi connectivity index (χ0v) is 10.7. The predicted octanol–water partition coefficient (Wildman–Crippen LogP) is 1.13. The summed E-state index contributed by atoms with van der Waals surface area (Å²) in [6.07, 6.45) is 4.76. The molecular weight excluding hydrogens is 291 g/mol. The van der Waals surface area contributed by atoms with Crippen molar-refractivity contribution in [3.8, 4) is 0 Å². The van der Waals surface area contributed by atoms with Crippen LogP contribution in [-0.2, 0) is 0 Å². The van der Waals surface area contributed by atoms with Crippen LogP contribution in [0.3, 0.4) is 0 Å². The fourth-order valence-corrected chi connectivity index (χ4v) is 1.37. The maximum absolute atomic E-state index is 4.24. The first-order valence-corrected chi connectivity index (χ1v) is 5.65. The van der Waals surface area contributed by atoms with Gasteiger partial charge in [-0.15, -0.1) is 0 Å². The lowest BCUT2D eigenvalue weighted by Gasteiger charge is -2.16. The molecule has 0 radical (unpaired) electrons. The van der Waals surface area contributed by atoms with Crippen molar-refractivity contribution in [1.82, 2.24) is 15.3 Å². The zero-order valence-electron chi connectivity index (χ0n) is 8.50. The highest BCUT2D eigenvalue weighted by Gasteiger charge is 2.02. The second kappa shape index (κ2) is 6.13. The largest absolute Gasteiger partial charge is 0.344 e. The van der Waals surface area contributed by atoms with Crippen molar-refractivity contribution in [2.24, 2.45) is 0 Å². The van der Waals surface area contributed by atoms with Crippen molar-refractivity contribution in [3.63, 3.8) is 0 Å². The molecule has 0 fully saturated rings. The lowest BCUT2D eigenvalue weighted by atomic mass is 10.4. The second-order valence-corrected chi connectivity index (χ2v) is 4.33. The molecule has 0 spiro atoms. The van der Waals surface area contributed by atoms with E-state index in [0.29, 0.717) is 0 Å². The van der Waals surface area contributed by atoms with Crippen LogP contribution >= 0.6 is 22.6 Å². The van der Waals surface area contributed by atoms with E-state index < -0.39 is 0 Å². The first-order valence-electron chi connectivity index (χ1n) is 4.57. The SMILES string of the molecule is CNCCCN(C)c1ncc(I)cn1. The Morgan fingerprint density at radius 3 is 2.64 bits per heavy atom. The van der Waals surface area contributed by atoms with E-state index >= 15 is 0 Å². The van der Waals surface area contributed by atoms with E-state index in [1.165, 1.54) is 0 Å². The number of anilines is 1. The van der Waals surface area contributed by atoms with E-state index in [4.69, 9.17) is 0 Å². The number of nitrogens with one attached hydrogen (secondary N) is 1. The maximum Gasteiger partial charge on any atom is 0.225 e. The first-order chi connectivity index (χ1) is 6.74. The zero-order chi connectivity index (χ0) is 10.4. The fraction of sp³-hybridized carbons (Fsp3) is 0.556. The molecule has 14 heavy (non-hydrogen) atoms. The van der Waals surface area contributed by atoms with E-state index in [9.17, 15) is 0 Å². The van der Waals surface area contributed by atoms with E-state index in [1.807, 2.05) is 26.5 Å². The summed E-state index contributed by atoms with van der Waals surface area (Å²) in [7, 11) is 3.97. The molecule has 0 amide bonds. The minimum Gasteiger partial charge on any atom is -0.344 e. The number of halogens is 1. The van der Waals surface area contributed by atoms with Crippen LogP contribution in [0.5, 0.6) is 0 Å². The van der Waals surface area contributed by atoms with Gasteiger partial charge in [0.05, 0.1) is 0 Å². The molecule has 1 N–H and O–H groups in total. The summed E-state index contributed by atoms with van der Waals surface area (Å²) in [6.45, 7) is 2.00. The summed E-state index contributed by atoms with van der Waals surface area (Å²) in [4.78, 5) is 10.6. The highest BCUT2D eigenvalue weighted by molar-refractivity contribution is 14.1. The Morgan fingerprint density at radius 2 is 2.07 bits per heavy atom. The van der Waals surface area contributed by atoms with Crippen LogP contribution in [0.1, 0.15) is 6.42 Å². The molecule has 1 aromatic rings. The highest BCUT2D eigenvalue weighted by Crippen LogP contribution is 2.06. The van der Waals surface area contributed by atoms with Gasteiger partial charge in [0.25, 0.3) is 0 Å². The van der Waals surface area contributed by atoms with Gasteiger partial charge in [0.1, 0.15) is 0 Å². The average molecular weight is 306 g/mol. The minimum absolute atomic E-state index is 0.793. The summed E-state index contributed by atoms with van der Waals surface area (Å²) in [6, 6.07) is 0. The Kier molecular flexibility index (Phi) is 5.10. The highest BCUT2D eigenvalue weighted by atomic mass is 127. The molecule has 4 nitrogen and oxygen atoms in total. The molecule has 1 rings (SSSR count). The van der Waals surface area contributed by atoms with E-state index in [1.54, 1.807) is 0 Å². The van der Waals surface area contributed by atoms with Crippen molar-refractivity contribution < 1.29 is 0 Å². The number of hydrogen-bond donors (Lipinski definition) is 1. The molecule has 0 unspecified atom stereocenters. The third kappa shape index (κ3) is 3.75.